The fourth-order valence-electron chi connectivity index (χ4n) is 0.0833. The van der Waals surface area contributed by atoms with Crippen molar-refractivity contribution in [3.05, 3.63) is 32.8 Å². The van der Waals surface area contributed by atoms with Crippen molar-refractivity contribution >= 4 is 34.0 Å². The first-order chi connectivity index (χ1) is 5.04. The van der Waals surface area contributed by atoms with Gasteiger partial charge in [0.2, 0.25) is 0 Å². The minimum Gasteiger partial charge on any atom is -0.679 e. The van der Waals surface area contributed by atoms with Gasteiger partial charge in [-0.15, -0.1) is 0 Å². The molecule has 0 aromatic carbocycles. The van der Waals surface area contributed by atoms with E-state index in [-0.39, 0.29) is 13.1 Å². The second-order valence-electron chi connectivity index (χ2n) is 1.58. The van der Waals surface area contributed by atoms with Crippen LogP contribution < -0.4 is 0 Å². The summed E-state index contributed by atoms with van der Waals surface area (Å²) < 4.78 is 3.23. The van der Waals surface area contributed by atoms with E-state index in [4.69, 9.17) is 29.3 Å². The van der Waals surface area contributed by atoms with Crippen molar-refractivity contribution in [2.75, 3.05) is 13.1 Å². The zero-order valence-electron chi connectivity index (χ0n) is 6.24. The van der Waals surface area contributed by atoms with Crippen LogP contribution in [0.1, 0.15) is 0 Å². The predicted octanol–water partition coefficient (Wildman–Crippen LogP) is 3.45. The number of halogens is 2. The predicted molar refractivity (Wildman–Crippen MR) is 56.2 cm³/mol. The molecule has 2 N–H and O–H groups in total. The Hall–Kier alpha value is 0.779. The van der Waals surface area contributed by atoms with E-state index in [1.807, 2.05) is 0 Å². The van der Waals surface area contributed by atoms with Gasteiger partial charge in [0.25, 0.3) is 0 Å². The van der Waals surface area contributed by atoms with Crippen LogP contribution >= 0.6 is 17.8 Å². The molecule has 0 rings (SSSR count). The maximum absolute atomic E-state index is 6.26. The Labute approximate surface area is 79.5 Å². The van der Waals surface area contributed by atoms with Gasteiger partial charge in [-0.05, 0) is 0 Å². The van der Waals surface area contributed by atoms with E-state index in [1.54, 1.807) is 8.18 Å². The van der Waals surface area contributed by atoms with Crippen molar-refractivity contribution in [2.24, 2.45) is 0 Å². The minimum absolute atomic E-state index is 0.236. The van der Waals surface area contributed by atoms with Gasteiger partial charge in [0.05, 0.1) is 0 Å². The molecule has 66 valence electrons. The zero-order valence-corrected chi connectivity index (χ0v) is 10.6. The molecule has 0 aromatic heterocycles. The molecule has 0 aliphatic heterocycles. The molecule has 0 aromatic rings. The second-order valence-corrected chi connectivity index (χ2v) is 17.5. The SMILES string of the molecule is C=[CH][Sn]([Cl])([Cl])[CH]=C.[NH-]CC[NH-]. The normalized spacial score (nSPS) is 9.45. The van der Waals surface area contributed by atoms with E-state index in [0.717, 1.165) is 0 Å². The summed E-state index contributed by atoms with van der Waals surface area (Å²) in [4.78, 5) is 0. The van der Waals surface area contributed by atoms with E-state index in [2.05, 4.69) is 13.2 Å². The molecule has 0 aliphatic carbocycles. The third-order valence-corrected chi connectivity index (χ3v) is 7.92. The Kier molecular flexibility index (Phi) is 11.5. The van der Waals surface area contributed by atoms with Crippen molar-refractivity contribution < 1.29 is 0 Å². The maximum atomic E-state index is 6.26. The van der Waals surface area contributed by atoms with Gasteiger partial charge in [-0.25, -0.2) is 0 Å². The molecule has 0 saturated heterocycles. The Bertz CT molecular complexity index is 105. The second kappa shape index (κ2) is 8.87. The summed E-state index contributed by atoms with van der Waals surface area (Å²) in [5.41, 5.74) is 12.5. The summed E-state index contributed by atoms with van der Waals surface area (Å²) in [6.07, 6.45) is 0. The van der Waals surface area contributed by atoms with Crippen molar-refractivity contribution in [3.63, 3.8) is 0 Å². The van der Waals surface area contributed by atoms with Crippen LogP contribution in [0, 0.1) is 0 Å². The van der Waals surface area contributed by atoms with Crippen LogP contribution in [-0.2, 0) is 0 Å². The van der Waals surface area contributed by atoms with E-state index in [0.29, 0.717) is 0 Å². The summed E-state index contributed by atoms with van der Waals surface area (Å²) in [6, 6.07) is 0. The van der Waals surface area contributed by atoms with Crippen LogP contribution in [-0.4, -0.2) is 29.2 Å². The van der Waals surface area contributed by atoms with E-state index >= 15 is 0 Å². The standard InChI is InChI=1S/C2H6N2.2C2H3.2ClH.Sn/c3-1-2-4;2*1-2;;;/h3-4H,1-2H2;2*1H,2H2;2*1H;/q-2;;;;;+2/p-2. The quantitative estimate of drug-likeness (QED) is 0.717. The molecule has 11 heavy (non-hydrogen) atoms. The minimum atomic E-state index is -2.81. The summed E-state index contributed by atoms with van der Waals surface area (Å²) in [7, 11) is 11.3. The summed E-state index contributed by atoms with van der Waals surface area (Å²) in [5.74, 6) is 0. The average molecular weight is 302 g/mol. The molecule has 0 spiro atoms. The molecule has 5 heteroatoms. The monoisotopic (exact) mass is 302 g/mol. The van der Waals surface area contributed by atoms with Gasteiger partial charge in [-0.3, -0.25) is 0 Å². The molecular weight excluding hydrogens is 290 g/mol. The first-order valence-electron chi connectivity index (χ1n) is 2.98. The van der Waals surface area contributed by atoms with E-state index < -0.39 is 16.1 Å². The largest absolute Gasteiger partial charge is 0.679 e. The molecule has 0 amide bonds. The van der Waals surface area contributed by atoms with Crippen LogP contribution in [0.3, 0.4) is 0 Å². The fraction of sp³-hybridized carbons (Fsp3) is 0.333. The van der Waals surface area contributed by atoms with Crippen LogP contribution in [0.2, 0.25) is 0 Å². The molecule has 2 nitrogen and oxygen atoms in total. The smallest absolute Gasteiger partial charge is 0.171 e. The first kappa shape index (κ1) is 14.3. The summed E-state index contributed by atoms with van der Waals surface area (Å²) in [6.45, 7) is 7.40. The number of rotatable bonds is 3. The number of hydrogen-bond donors (Lipinski definition) is 0. The van der Waals surface area contributed by atoms with Crippen molar-refractivity contribution in [1.29, 1.82) is 0 Å². The Morgan fingerprint density at radius 2 is 1.36 bits per heavy atom. The van der Waals surface area contributed by atoms with Gasteiger partial charge >= 0.3 is 55.3 Å². The van der Waals surface area contributed by atoms with Crippen LogP contribution in [0.25, 0.3) is 11.5 Å². The average Bonchev–Trinajstić information content (AvgIpc) is 2.05. The van der Waals surface area contributed by atoms with Gasteiger partial charge in [0.15, 0.2) is 0 Å². The molecule has 0 saturated carbocycles. The van der Waals surface area contributed by atoms with Gasteiger partial charge in [0, 0.05) is 0 Å². The van der Waals surface area contributed by atoms with Crippen molar-refractivity contribution in [1.82, 2.24) is 0 Å². The summed E-state index contributed by atoms with van der Waals surface area (Å²) in [5, 5.41) is 0. The van der Waals surface area contributed by atoms with Gasteiger partial charge in [0.1, 0.15) is 0 Å². The van der Waals surface area contributed by atoms with E-state index in [1.165, 1.54) is 0 Å². The molecular formula is C6H12Cl2N2Sn-2. The molecule has 0 heterocycles. The van der Waals surface area contributed by atoms with Gasteiger partial charge in [-0.2, -0.15) is 13.1 Å². The van der Waals surface area contributed by atoms with Gasteiger partial charge < -0.3 is 11.5 Å². The summed E-state index contributed by atoms with van der Waals surface area (Å²) >= 11 is -2.81. The van der Waals surface area contributed by atoms with E-state index in [9.17, 15) is 0 Å². The van der Waals surface area contributed by atoms with Crippen molar-refractivity contribution in [3.8, 4) is 0 Å². The third kappa shape index (κ3) is 13.7. The first-order valence-corrected chi connectivity index (χ1v) is 13.5. The topological polar surface area (TPSA) is 47.6 Å². The Morgan fingerprint density at radius 1 is 1.09 bits per heavy atom. The van der Waals surface area contributed by atoms with Crippen LogP contribution in [0.15, 0.2) is 21.3 Å². The molecule has 0 radical (unpaired) electrons. The molecule has 0 atom stereocenters. The van der Waals surface area contributed by atoms with Crippen LogP contribution in [0.5, 0.6) is 0 Å². The van der Waals surface area contributed by atoms with Crippen molar-refractivity contribution in [2.45, 2.75) is 0 Å². The van der Waals surface area contributed by atoms with Crippen LogP contribution in [0.4, 0.5) is 0 Å². The Morgan fingerprint density at radius 3 is 1.36 bits per heavy atom. The molecule has 0 fully saturated rings. The maximum Gasteiger partial charge on any atom is -0.171 e. The molecule has 0 bridgehead atoms. The molecule has 0 aliphatic rings. The third-order valence-electron chi connectivity index (χ3n) is 0.669. The zero-order chi connectivity index (χ0) is 9.33. The number of nitrogens with one attached hydrogen (secondary N) is 2. The Balaban J connectivity index is 0. The van der Waals surface area contributed by atoms with Gasteiger partial charge in [-0.1, -0.05) is 0 Å². The number of hydrogen-bond acceptors (Lipinski definition) is 0. The molecule has 0 unspecified atom stereocenters. The fourth-order valence-corrected chi connectivity index (χ4v) is 0.559.